The van der Waals surface area contributed by atoms with Crippen molar-refractivity contribution in [3.05, 3.63) is 54.1 Å². The molecule has 5 aromatic rings. The first kappa shape index (κ1) is 17.8. The molecule has 0 amide bonds. The van der Waals surface area contributed by atoms with Crippen LogP contribution in [-0.2, 0) is 0 Å². The molecular formula is C21H17F2N7O. The number of guanidine groups is 1. The summed E-state index contributed by atoms with van der Waals surface area (Å²) in [5, 5.41) is 8.50. The Kier molecular flexibility index (Phi) is 3.71. The molecule has 0 aliphatic carbocycles. The highest BCUT2D eigenvalue weighted by Crippen LogP contribution is 2.41. The van der Waals surface area contributed by atoms with Crippen molar-refractivity contribution in [3.8, 4) is 5.75 Å². The predicted molar refractivity (Wildman–Crippen MR) is 115 cm³/mol. The van der Waals surface area contributed by atoms with Gasteiger partial charge in [0.1, 0.15) is 18.2 Å². The summed E-state index contributed by atoms with van der Waals surface area (Å²) >= 11 is 0. The molecule has 10 heteroatoms. The second kappa shape index (κ2) is 6.47. The van der Waals surface area contributed by atoms with Crippen LogP contribution >= 0.6 is 0 Å². The number of nitrogens with zero attached hydrogens (tertiary/aromatic N) is 2. The van der Waals surface area contributed by atoms with Crippen LogP contribution in [0.15, 0.2) is 47.6 Å². The van der Waals surface area contributed by atoms with Gasteiger partial charge in [-0.2, -0.15) is 0 Å². The van der Waals surface area contributed by atoms with Crippen molar-refractivity contribution in [3.63, 3.8) is 0 Å². The molecule has 8 nitrogen and oxygen atoms in total. The summed E-state index contributed by atoms with van der Waals surface area (Å²) in [7, 11) is 0. The Labute approximate surface area is 173 Å². The number of hydrogen-bond donors (Lipinski definition) is 5. The van der Waals surface area contributed by atoms with E-state index in [2.05, 4.69) is 26.1 Å². The fourth-order valence-electron chi connectivity index (χ4n) is 4.11. The van der Waals surface area contributed by atoms with Gasteiger partial charge < -0.3 is 20.4 Å². The minimum atomic E-state index is -0.330. The molecular weight excluding hydrogens is 404 g/mol. The van der Waals surface area contributed by atoms with Crippen molar-refractivity contribution in [1.29, 1.82) is 0 Å². The third kappa shape index (κ3) is 2.72. The molecule has 0 fully saturated rings. The van der Waals surface area contributed by atoms with Gasteiger partial charge >= 0.3 is 0 Å². The van der Waals surface area contributed by atoms with Crippen molar-refractivity contribution < 1.29 is 13.5 Å². The normalized spacial score (nSPS) is 14.1. The minimum absolute atomic E-state index is 0.284. The largest absolute Gasteiger partial charge is 0.487 e. The van der Waals surface area contributed by atoms with E-state index in [-0.39, 0.29) is 18.2 Å². The number of aromatic nitrogens is 2. The average Bonchev–Trinajstić information content (AvgIpc) is 3.43. The molecule has 0 spiro atoms. The number of nitrogens with two attached hydrogens (primary N) is 1. The van der Waals surface area contributed by atoms with Crippen LogP contribution < -0.4 is 21.5 Å². The highest BCUT2D eigenvalue weighted by molar-refractivity contribution is 6.20. The van der Waals surface area contributed by atoms with Gasteiger partial charge in [0.05, 0.1) is 17.6 Å². The first-order chi connectivity index (χ1) is 15.1. The van der Waals surface area contributed by atoms with Crippen LogP contribution in [0.1, 0.15) is 0 Å². The maximum Gasteiger partial charge on any atom is 0.231 e. The molecule has 156 valence electrons. The van der Waals surface area contributed by atoms with E-state index in [1.165, 1.54) is 24.3 Å². The second-order valence-electron chi connectivity index (χ2n) is 7.37. The van der Waals surface area contributed by atoms with Gasteiger partial charge in [0.15, 0.2) is 5.75 Å². The fraction of sp³-hybridized carbons (Fsp3) is 0.0952. The third-order valence-electron chi connectivity index (χ3n) is 5.54. The Hall–Kier alpha value is -4.05. The molecule has 2 aromatic heterocycles. The van der Waals surface area contributed by atoms with E-state index in [0.29, 0.717) is 18.3 Å². The Morgan fingerprint density at radius 2 is 1.48 bits per heavy atom. The first-order valence-corrected chi connectivity index (χ1v) is 9.67. The van der Waals surface area contributed by atoms with Crippen LogP contribution in [0.4, 0.5) is 8.78 Å². The third-order valence-corrected chi connectivity index (χ3v) is 5.54. The van der Waals surface area contributed by atoms with Gasteiger partial charge in [0.25, 0.3) is 0 Å². The number of nitrogens with one attached hydrogen (secondary N) is 4. The number of ether oxygens (including phenoxy) is 1. The van der Waals surface area contributed by atoms with Crippen LogP contribution in [0.25, 0.3) is 43.6 Å². The minimum Gasteiger partial charge on any atom is -0.487 e. The molecule has 3 aromatic carbocycles. The Bertz CT molecular complexity index is 1430. The number of hydrazine groups is 2. The SMILES string of the molecule is NC1=NNNN1CCOc1c2[nH]c3ccc(F)cc3c2cc2c1[nH]c1ccc(F)cc12. The number of fused-ring (bicyclic) bond motifs is 6. The monoisotopic (exact) mass is 421 g/mol. The van der Waals surface area contributed by atoms with E-state index in [1.807, 2.05) is 6.07 Å². The highest BCUT2D eigenvalue weighted by atomic mass is 19.1. The lowest BCUT2D eigenvalue weighted by Gasteiger charge is -2.17. The Morgan fingerprint density at radius 1 is 0.871 bits per heavy atom. The smallest absolute Gasteiger partial charge is 0.231 e. The van der Waals surface area contributed by atoms with E-state index >= 15 is 0 Å². The number of benzene rings is 3. The van der Waals surface area contributed by atoms with Crippen LogP contribution in [-0.4, -0.2) is 34.1 Å². The Morgan fingerprint density at radius 3 is 2.03 bits per heavy atom. The highest BCUT2D eigenvalue weighted by Gasteiger charge is 2.19. The molecule has 0 unspecified atom stereocenters. The van der Waals surface area contributed by atoms with Crippen molar-refractivity contribution in [2.24, 2.45) is 10.8 Å². The average molecular weight is 421 g/mol. The summed E-state index contributed by atoms with van der Waals surface area (Å²) in [4.78, 5) is 6.67. The zero-order chi connectivity index (χ0) is 21.1. The zero-order valence-electron chi connectivity index (χ0n) is 16.1. The van der Waals surface area contributed by atoms with Crippen molar-refractivity contribution in [2.45, 2.75) is 0 Å². The van der Waals surface area contributed by atoms with E-state index < -0.39 is 0 Å². The number of rotatable bonds is 4. The molecule has 0 radical (unpaired) electrons. The van der Waals surface area contributed by atoms with Gasteiger partial charge in [-0.05, 0) is 42.5 Å². The maximum atomic E-state index is 14.0. The topological polar surface area (TPSA) is 106 Å². The van der Waals surface area contributed by atoms with Crippen molar-refractivity contribution >= 4 is 49.6 Å². The van der Waals surface area contributed by atoms with E-state index in [4.69, 9.17) is 10.5 Å². The van der Waals surface area contributed by atoms with Gasteiger partial charge in [0, 0.05) is 32.6 Å². The van der Waals surface area contributed by atoms with Crippen LogP contribution in [0.2, 0.25) is 0 Å². The van der Waals surface area contributed by atoms with Crippen molar-refractivity contribution in [1.82, 2.24) is 26.0 Å². The predicted octanol–water partition coefficient (Wildman–Crippen LogP) is 3.17. The summed E-state index contributed by atoms with van der Waals surface area (Å²) in [6, 6.07) is 11.1. The van der Waals surface area contributed by atoms with E-state index in [0.717, 1.165) is 43.6 Å². The second-order valence-corrected chi connectivity index (χ2v) is 7.37. The number of H-pyrrole nitrogens is 2. The lowest BCUT2D eigenvalue weighted by atomic mass is 10.1. The molecule has 6 rings (SSSR count). The van der Waals surface area contributed by atoms with Crippen LogP contribution in [0.5, 0.6) is 5.75 Å². The number of hydrazone groups is 1. The van der Waals surface area contributed by atoms with Gasteiger partial charge in [-0.15, -0.1) is 10.6 Å². The molecule has 31 heavy (non-hydrogen) atoms. The zero-order valence-corrected chi connectivity index (χ0v) is 16.1. The Balaban J connectivity index is 1.56. The van der Waals surface area contributed by atoms with Crippen LogP contribution in [0.3, 0.4) is 0 Å². The van der Waals surface area contributed by atoms with Crippen molar-refractivity contribution in [2.75, 3.05) is 13.2 Å². The van der Waals surface area contributed by atoms with Crippen LogP contribution in [0, 0.1) is 11.6 Å². The number of hydrogen-bond acceptors (Lipinski definition) is 6. The standard InChI is InChI=1S/C21H17F2N7O/c22-10-1-3-16-12(7-10)14-9-15-13-8-11(23)2-4-17(13)26-19(15)20(18(14)25-16)31-6-5-30-21(24)27-28-29-30/h1-4,7-9,25-26,28-29H,5-6H2,(H2,24,27). The lowest BCUT2D eigenvalue weighted by molar-refractivity contribution is 0.225. The quantitative estimate of drug-likeness (QED) is 0.307. The van der Waals surface area contributed by atoms with E-state index in [9.17, 15) is 8.78 Å². The molecule has 0 saturated heterocycles. The maximum absolute atomic E-state index is 14.0. The molecule has 0 bridgehead atoms. The molecule has 3 heterocycles. The molecule has 1 aliphatic rings. The summed E-state index contributed by atoms with van der Waals surface area (Å²) in [5.74, 6) is 0.212. The van der Waals surface area contributed by atoms with Gasteiger partial charge in [-0.3, -0.25) is 5.01 Å². The van der Waals surface area contributed by atoms with Gasteiger partial charge in [-0.1, -0.05) is 0 Å². The summed E-state index contributed by atoms with van der Waals surface area (Å²) in [5.41, 5.74) is 14.2. The molecule has 0 saturated carbocycles. The molecule has 6 N–H and O–H groups in total. The van der Waals surface area contributed by atoms with Gasteiger partial charge in [-0.25, -0.2) is 14.3 Å². The number of halogens is 2. The summed E-state index contributed by atoms with van der Waals surface area (Å²) in [6.45, 7) is 0.705. The summed E-state index contributed by atoms with van der Waals surface area (Å²) in [6.07, 6.45) is 0. The lowest BCUT2D eigenvalue weighted by Crippen LogP contribution is -2.45. The fourth-order valence-corrected chi connectivity index (χ4v) is 4.11. The van der Waals surface area contributed by atoms with E-state index in [1.54, 1.807) is 17.1 Å². The number of aromatic amines is 2. The molecule has 0 atom stereocenters. The first-order valence-electron chi connectivity index (χ1n) is 9.67. The van der Waals surface area contributed by atoms with Gasteiger partial charge in [0.2, 0.25) is 5.96 Å². The summed E-state index contributed by atoms with van der Waals surface area (Å²) < 4.78 is 34.1. The molecule has 1 aliphatic heterocycles.